The quantitative estimate of drug-likeness (QED) is 0.316. The third kappa shape index (κ3) is 3.97. The molecule has 0 unspecified atom stereocenters. The first-order valence-electron chi connectivity index (χ1n) is 11.0. The van der Waals surface area contributed by atoms with E-state index in [9.17, 15) is 4.79 Å². The summed E-state index contributed by atoms with van der Waals surface area (Å²) in [5.41, 5.74) is 3.85. The van der Waals surface area contributed by atoms with Crippen molar-refractivity contribution >= 4 is 22.8 Å². The van der Waals surface area contributed by atoms with Crippen molar-refractivity contribution in [2.75, 3.05) is 0 Å². The molecule has 0 atom stereocenters. The number of rotatable bonds is 5. The van der Waals surface area contributed by atoms with E-state index in [0.717, 1.165) is 22.6 Å². The smallest absolute Gasteiger partial charge is 0.286 e. The number of hydrogen-bond acceptors (Lipinski definition) is 4. The number of imidazole rings is 1. The minimum Gasteiger partial charge on any atom is -0.491 e. The van der Waals surface area contributed by atoms with E-state index in [-0.39, 0.29) is 11.7 Å². The van der Waals surface area contributed by atoms with E-state index >= 15 is 0 Å². The van der Waals surface area contributed by atoms with Crippen LogP contribution in [0.5, 0.6) is 5.75 Å². The van der Waals surface area contributed by atoms with E-state index in [1.807, 2.05) is 73.9 Å². The molecule has 34 heavy (non-hydrogen) atoms. The highest BCUT2D eigenvalue weighted by atomic mass is 35.5. The maximum atomic E-state index is 13.8. The molecule has 0 aliphatic carbocycles. The number of fused-ring (bicyclic) bond motifs is 1. The van der Waals surface area contributed by atoms with Crippen LogP contribution in [0.3, 0.4) is 0 Å². The number of halogens is 1. The molecule has 5 rings (SSSR count). The Labute approximate surface area is 202 Å². The molecule has 0 fully saturated rings. The van der Waals surface area contributed by atoms with Gasteiger partial charge in [-0.25, -0.2) is 9.97 Å². The van der Waals surface area contributed by atoms with Gasteiger partial charge in [0.15, 0.2) is 11.2 Å². The van der Waals surface area contributed by atoms with Crippen molar-refractivity contribution < 1.29 is 4.74 Å². The van der Waals surface area contributed by atoms with Crippen LogP contribution in [0.25, 0.3) is 33.9 Å². The van der Waals surface area contributed by atoms with Crippen LogP contribution in [0.15, 0.2) is 83.9 Å². The number of aromatic nitrogens is 4. The SMILES string of the molecule is Cc1cc(OC(C)C)ccc1-c1nc2c(ncn2-c2ccccc2)c(=O)n1-c1ccc(Cl)cc1. The Bertz CT molecular complexity index is 1540. The zero-order valence-electron chi connectivity index (χ0n) is 19.1. The second-order valence-electron chi connectivity index (χ2n) is 8.32. The Kier molecular flexibility index (Phi) is 5.67. The molecule has 0 aliphatic rings. The molecule has 0 aliphatic heterocycles. The molecule has 2 aromatic heterocycles. The van der Waals surface area contributed by atoms with E-state index in [0.29, 0.717) is 27.7 Å². The summed E-state index contributed by atoms with van der Waals surface area (Å²) in [5, 5.41) is 0.590. The summed E-state index contributed by atoms with van der Waals surface area (Å²) in [4.78, 5) is 23.2. The highest BCUT2D eigenvalue weighted by molar-refractivity contribution is 6.30. The van der Waals surface area contributed by atoms with E-state index in [1.54, 1.807) is 35.2 Å². The summed E-state index contributed by atoms with van der Waals surface area (Å²) in [6, 6.07) is 22.7. The van der Waals surface area contributed by atoms with Crippen LogP contribution >= 0.6 is 11.6 Å². The van der Waals surface area contributed by atoms with Crippen LogP contribution in [0.1, 0.15) is 19.4 Å². The predicted molar refractivity (Wildman–Crippen MR) is 135 cm³/mol. The fourth-order valence-electron chi connectivity index (χ4n) is 3.97. The maximum absolute atomic E-state index is 13.8. The highest BCUT2D eigenvalue weighted by Crippen LogP contribution is 2.29. The monoisotopic (exact) mass is 470 g/mol. The van der Waals surface area contributed by atoms with Crippen LogP contribution < -0.4 is 10.3 Å². The Morgan fingerprint density at radius 1 is 0.941 bits per heavy atom. The summed E-state index contributed by atoms with van der Waals surface area (Å²) < 4.78 is 9.28. The molecule has 0 amide bonds. The standard InChI is InChI=1S/C27H23ClN4O2/c1-17(2)34-22-13-14-23(18(3)15-22)25-30-26-24(29-16-31(26)20-7-5-4-6-8-20)27(33)32(25)21-11-9-19(28)10-12-21/h4-17H,1-3H3. The Balaban J connectivity index is 1.80. The van der Waals surface area contributed by atoms with E-state index in [1.165, 1.54) is 0 Å². The Hall–Kier alpha value is -3.90. The molecule has 0 saturated carbocycles. The number of hydrogen-bond donors (Lipinski definition) is 0. The minimum absolute atomic E-state index is 0.0622. The van der Waals surface area contributed by atoms with Gasteiger partial charge in [0.25, 0.3) is 5.56 Å². The topological polar surface area (TPSA) is 61.9 Å². The van der Waals surface area contributed by atoms with Gasteiger partial charge in [-0.3, -0.25) is 13.9 Å². The van der Waals surface area contributed by atoms with Gasteiger partial charge in [-0.2, -0.15) is 0 Å². The second-order valence-corrected chi connectivity index (χ2v) is 8.75. The van der Waals surface area contributed by atoms with Crippen LogP contribution in [-0.2, 0) is 0 Å². The van der Waals surface area contributed by atoms with Gasteiger partial charge in [0.05, 0.1) is 11.8 Å². The number of nitrogens with zero attached hydrogens (tertiary/aromatic N) is 4. The zero-order chi connectivity index (χ0) is 23.8. The lowest BCUT2D eigenvalue weighted by Gasteiger charge is -2.16. The van der Waals surface area contributed by atoms with Crippen LogP contribution in [-0.4, -0.2) is 25.2 Å². The molecule has 2 heterocycles. The number of aryl methyl sites for hydroxylation is 1. The lowest BCUT2D eigenvalue weighted by atomic mass is 10.1. The summed E-state index contributed by atoms with van der Waals surface area (Å²) in [5.74, 6) is 1.29. The molecular weight excluding hydrogens is 448 g/mol. The zero-order valence-corrected chi connectivity index (χ0v) is 19.8. The van der Waals surface area contributed by atoms with Crippen molar-refractivity contribution in [2.45, 2.75) is 26.9 Å². The van der Waals surface area contributed by atoms with Crippen LogP contribution in [0, 0.1) is 6.92 Å². The Morgan fingerprint density at radius 2 is 1.68 bits per heavy atom. The summed E-state index contributed by atoms with van der Waals surface area (Å²) >= 11 is 6.11. The van der Waals surface area contributed by atoms with Crippen molar-refractivity contribution in [1.82, 2.24) is 19.1 Å². The van der Waals surface area contributed by atoms with Gasteiger partial charge in [0.1, 0.15) is 17.9 Å². The lowest BCUT2D eigenvalue weighted by molar-refractivity contribution is 0.242. The summed E-state index contributed by atoms with van der Waals surface area (Å²) in [6.45, 7) is 5.96. The average molecular weight is 471 g/mol. The van der Waals surface area contributed by atoms with Gasteiger partial charge in [-0.05, 0) is 80.9 Å². The third-order valence-corrected chi connectivity index (χ3v) is 5.75. The van der Waals surface area contributed by atoms with Gasteiger partial charge >= 0.3 is 0 Å². The third-order valence-electron chi connectivity index (χ3n) is 5.50. The first-order chi connectivity index (χ1) is 16.4. The summed E-state index contributed by atoms with van der Waals surface area (Å²) in [7, 11) is 0. The largest absolute Gasteiger partial charge is 0.491 e. The molecule has 0 saturated heterocycles. The van der Waals surface area contributed by atoms with Crippen molar-refractivity contribution in [3.05, 3.63) is 100 Å². The molecule has 0 spiro atoms. The van der Waals surface area contributed by atoms with Crippen molar-refractivity contribution in [1.29, 1.82) is 0 Å². The molecule has 6 nitrogen and oxygen atoms in total. The van der Waals surface area contributed by atoms with Crippen LogP contribution in [0.4, 0.5) is 0 Å². The second kappa shape index (κ2) is 8.80. The molecule has 0 bridgehead atoms. The minimum atomic E-state index is -0.251. The van der Waals surface area contributed by atoms with E-state index in [4.69, 9.17) is 21.3 Å². The van der Waals surface area contributed by atoms with Crippen molar-refractivity contribution in [2.24, 2.45) is 0 Å². The van der Waals surface area contributed by atoms with E-state index < -0.39 is 0 Å². The first kappa shape index (κ1) is 21.9. The molecule has 7 heteroatoms. The van der Waals surface area contributed by atoms with Gasteiger partial charge in [0, 0.05) is 16.3 Å². The highest BCUT2D eigenvalue weighted by Gasteiger charge is 2.20. The molecule has 5 aromatic rings. The molecule has 170 valence electrons. The van der Waals surface area contributed by atoms with E-state index in [2.05, 4.69) is 4.98 Å². The predicted octanol–water partition coefficient (Wildman–Crippen LogP) is 5.99. The van der Waals surface area contributed by atoms with Gasteiger partial charge in [-0.15, -0.1) is 0 Å². The Morgan fingerprint density at radius 3 is 2.35 bits per heavy atom. The maximum Gasteiger partial charge on any atom is 0.286 e. The fourth-order valence-corrected chi connectivity index (χ4v) is 4.10. The molecular formula is C27H23ClN4O2. The molecule has 3 aromatic carbocycles. The molecule has 0 N–H and O–H groups in total. The lowest BCUT2D eigenvalue weighted by Crippen LogP contribution is -2.22. The van der Waals surface area contributed by atoms with Crippen molar-refractivity contribution in [3.63, 3.8) is 0 Å². The number of benzene rings is 3. The van der Waals surface area contributed by atoms with Gasteiger partial charge in [0.2, 0.25) is 0 Å². The van der Waals surface area contributed by atoms with Gasteiger partial charge < -0.3 is 4.74 Å². The van der Waals surface area contributed by atoms with Gasteiger partial charge in [-0.1, -0.05) is 29.8 Å². The number of ether oxygens (including phenoxy) is 1. The fraction of sp³-hybridized carbons (Fsp3) is 0.148. The van der Waals surface area contributed by atoms with Crippen LogP contribution in [0.2, 0.25) is 5.02 Å². The normalized spacial score (nSPS) is 11.3. The molecule has 0 radical (unpaired) electrons. The summed E-state index contributed by atoms with van der Waals surface area (Å²) in [6.07, 6.45) is 1.70. The van der Waals surface area contributed by atoms with Crippen molar-refractivity contribution in [3.8, 4) is 28.5 Å². The number of para-hydroxylation sites is 1. The average Bonchev–Trinajstić information content (AvgIpc) is 3.25. The first-order valence-corrected chi connectivity index (χ1v) is 11.4.